The van der Waals surface area contributed by atoms with E-state index < -0.39 is 6.10 Å². The molecular weight excluding hydrogens is 263 g/mol. The minimum absolute atomic E-state index is 0.305. The second kappa shape index (κ2) is 5.72. The third-order valence-electron chi connectivity index (χ3n) is 3.20. The zero-order chi connectivity index (χ0) is 14.0. The molecule has 0 radical (unpaired) electrons. The van der Waals surface area contributed by atoms with Gasteiger partial charge in [0.05, 0.1) is 6.10 Å². The highest BCUT2D eigenvalue weighted by Crippen LogP contribution is 2.26. The van der Waals surface area contributed by atoms with Gasteiger partial charge in [-0.15, -0.1) is 0 Å². The Labute approximate surface area is 117 Å². The highest BCUT2D eigenvalue weighted by Gasteiger charge is 2.16. The zero-order valence-electron chi connectivity index (χ0n) is 11.0. The number of hydrogen-bond donors (Lipinski definition) is 1. The van der Waals surface area contributed by atoms with Crippen LogP contribution in [0.1, 0.15) is 28.4 Å². The number of aliphatic hydroxyl groups excluding tert-OH is 1. The van der Waals surface area contributed by atoms with Crippen molar-refractivity contribution in [3.05, 3.63) is 69.5 Å². The average molecular weight is 279 g/mol. The van der Waals surface area contributed by atoms with Crippen LogP contribution in [-0.2, 0) is 6.42 Å². The van der Waals surface area contributed by atoms with Gasteiger partial charge in [-0.1, -0.05) is 41.9 Å². The van der Waals surface area contributed by atoms with Crippen molar-refractivity contribution in [1.82, 2.24) is 0 Å². The van der Waals surface area contributed by atoms with Gasteiger partial charge in [0.25, 0.3) is 0 Å². The third-order valence-corrected chi connectivity index (χ3v) is 3.55. The summed E-state index contributed by atoms with van der Waals surface area (Å²) in [5, 5.41) is 10.8. The molecule has 0 spiro atoms. The first-order valence-electron chi connectivity index (χ1n) is 6.17. The van der Waals surface area contributed by atoms with Crippen LogP contribution in [0.3, 0.4) is 0 Å². The molecule has 0 aliphatic rings. The minimum Gasteiger partial charge on any atom is -0.388 e. The van der Waals surface area contributed by atoms with Crippen LogP contribution in [0.25, 0.3) is 0 Å². The van der Waals surface area contributed by atoms with Gasteiger partial charge in [-0.05, 0) is 36.6 Å². The molecule has 0 heterocycles. The smallest absolute Gasteiger partial charge is 0.131 e. The molecule has 100 valence electrons. The lowest BCUT2D eigenvalue weighted by molar-refractivity contribution is 0.173. The standard InChI is InChI=1S/C16H16ClFO/c1-10-6-7-12(14(17)8-10)9-15(19)13-5-3-4-11(2)16(13)18/h3-8,15,19H,9H2,1-2H3. The summed E-state index contributed by atoms with van der Waals surface area (Å²) in [6.45, 7) is 3.64. The maximum absolute atomic E-state index is 13.9. The Bertz CT molecular complexity index is 595. The molecule has 2 rings (SSSR count). The summed E-state index contributed by atoms with van der Waals surface area (Å²) in [7, 11) is 0. The number of hydrogen-bond acceptors (Lipinski definition) is 1. The zero-order valence-corrected chi connectivity index (χ0v) is 11.7. The van der Waals surface area contributed by atoms with Crippen LogP contribution in [0.4, 0.5) is 4.39 Å². The molecule has 1 atom stereocenters. The monoisotopic (exact) mass is 278 g/mol. The molecule has 0 saturated heterocycles. The molecule has 2 aromatic rings. The molecule has 0 bridgehead atoms. The molecule has 0 aromatic heterocycles. The van der Waals surface area contributed by atoms with E-state index in [4.69, 9.17) is 11.6 Å². The van der Waals surface area contributed by atoms with Crippen LogP contribution < -0.4 is 0 Å². The van der Waals surface area contributed by atoms with Crippen molar-refractivity contribution in [2.75, 3.05) is 0 Å². The van der Waals surface area contributed by atoms with Crippen molar-refractivity contribution in [3.63, 3.8) is 0 Å². The molecule has 2 aromatic carbocycles. The highest BCUT2D eigenvalue weighted by molar-refractivity contribution is 6.31. The first-order valence-corrected chi connectivity index (χ1v) is 6.55. The Balaban J connectivity index is 2.25. The van der Waals surface area contributed by atoms with Gasteiger partial charge in [0.2, 0.25) is 0 Å². The summed E-state index contributed by atoms with van der Waals surface area (Å²) in [6.07, 6.45) is -0.584. The van der Waals surface area contributed by atoms with Crippen molar-refractivity contribution in [1.29, 1.82) is 0 Å². The first-order chi connectivity index (χ1) is 8.99. The third kappa shape index (κ3) is 3.14. The van der Waals surface area contributed by atoms with Gasteiger partial charge < -0.3 is 5.11 Å². The molecule has 19 heavy (non-hydrogen) atoms. The molecular formula is C16H16ClFO. The Morgan fingerprint density at radius 2 is 1.95 bits per heavy atom. The van der Waals surface area contributed by atoms with Crippen LogP contribution in [0, 0.1) is 19.7 Å². The van der Waals surface area contributed by atoms with E-state index in [1.807, 2.05) is 25.1 Å². The number of rotatable bonds is 3. The van der Waals surface area contributed by atoms with Gasteiger partial charge >= 0.3 is 0 Å². The topological polar surface area (TPSA) is 20.2 Å². The normalized spacial score (nSPS) is 12.5. The van der Waals surface area contributed by atoms with E-state index in [9.17, 15) is 9.50 Å². The van der Waals surface area contributed by atoms with E-state index in [0.29, 0.717) is 22.6 Å². The van der Waals surface area contributed by atoms with Gasteiger partial charge in [0.15, 0.2) is 0 Å². The Morgan fingerprint density at radius 3 is 2.63 bits per heavy atom. The van der Waals surface area contributed by atoms with Crippen LogP contribution in [0.2, 0.25) is 5.02 Å². The van der Waals surface area contributed by atoms with Crippen molar-refractivity contribution >= 4 is 11.6 Å². The molecule has 0 aliphatic carbocycles. The molecule has 1 unspecified atom stereocenters. The maximum atomic E-state index is 13.9. The van der Waals surface area contributed by atoms with Gasteiger partial charge in [0, 0.05) is 17.0 Å². The Kier molecular flexibility index (Phi) is 4.23. The first kappa shape index (κ1) is 14.0. The summed E-state index contributed by atoms with van der Waals surface area (Å²) in [6, 6.07) is 10.7. The van der Waals surface area contributed by atoms with Crippen LogP contribution >= 0.6 is 11.6 Å². The molecule has 1 nitrogen and oxygen atoms in total. The van der Waals surface area contributed by atoms with Crippen LogP contribution in [0.5, 0.6) is 0 Å². The van der Waals surface area contributed by atoms with E-state index in [1.54, 1.807) is 25.1 Å². The fraction of sp³-hybridized carbons (Fsp3) is 0.250. The van der Waals surface area contributed by atoms with E-state index in [0.717, 1.165) is 11.1 Å². The fourth-order valence-corrected chi connectivity index (χ4v) is 2.38. The van der Waals surface area contributed by atoms with Gasteiger partial charge in [-0.3, -0.25) is 0 Å². The minimum atomic E-state index is -0.889. The van der Waals surface area contributed by atoms with Gasteiger partial charge in [-0.25, -0.2) is 4.39 Å². The number of aliphatic hydroxyl groups is 1. The van der Waals surface area contributed by atoms with Crippen molar-refractivity contribution in [2.24, 2.45) is 0 Å². The molecule has 0 fully saturated rings. The van der Waals surface area contributed by atoms with Crippen LogP contribution in [0.15, 0.2) is 36.4 Å². The number of benzene rings is 2. The average Bonchev–Trinajstić information content (AvgIpc) is 2.36. The molecule has 0 saturated carbocycles. The van der Waals surface area contributed by atoms with Crippen LogP contribution in [-0.4, -0.2) is 5.11 Å². The lowest BCUT2D eigenvalue weighted by Crippen LogP contribution is -2.06. The molecule has 1 N–H and O–H groups in total. The number of aryl methyl sites for hydroxylation is 2. The number of halogens is 2. The summed E-state index contributed by atoms with van der Waals surface area (Å²) in [5.74, 6) is -0.349. The lowest BCUT2D eigenvalue weighted by Gasteiger charge is -2.14. The van der Waals surface area contributed by atoms with Crippen molar-refractivity contribution in [3.8, 4) is 0 Å². The SMILES string of the molecule is Cc1ccc(CC(O)c2cccc(C)c2F)c(Cl)c1. The predicted molar refractivity (Wildman–Crippen MR) is 76.0 cm³/mol. The van der Waals surface area contributed by atoms with E-state index in [-0.39, 0.29) is 5.82 Å². The summed E-state index contributed by atoms with van der Waals surface area (Å²) in [4.78, 5) is 0. The Hall–Kier alpha value is -1.38. The van der Waals surface area contributed by atoms with E-state index >= 15 is 0 Å². The van der Waals surface area contributed by atoms with Gasteiger partial charge in [0.1, 0.15) is 5.82 Å². The van der Waals surface area contributed by atoms with E-state index in [1.165, 1.54) is 0 Å². The molecule has 3 heteroatoms. The predicted octanol–water partition coefficient (Wildman–Crippen LogP) is 4.37. The largest absolute Gasteiger partial charge is 0.388 e. The van der Waals surface area contributed by atoms with Crippen molar-refractivity contribution in [2.45, 2.75) is 26.4 Å². The lowest BCUT2D eigenvalue weighted by atomic mass is 9.99. The Morgan fingerprint density at radius 1 is 1.21 bits per heavy atom. The molecule has 0 aliphatic heterocycles. The second-order valence-corrected chi connectivity index (χ2v) is 5.20. The molecule has 0 amide bonds. The fourth-order valence-electron chi connectivity index (χ4n) is 2.06. The summed E-state index contributed by atoms with van der Waals surface area (Å²) < 4.78 is 13.9. The van der Waals surface area contributed by atoms with Crippen molar-refractivity contribution < 1.29 is 9.50 Å². The highest BCUT2D eigenvalue weighted by atomic mass is 35.5. The summed E-state index contributed by atoms with van der Waals surface area (Å²) in [5.41, 5.74) is 2.73. The van der Waals surface area contributed by atoms with E-state index in [2.05, 4.69) is 0 Å². The maximum Gasteiger partial charge on any atom is 0.131 e. The van der Waals surface area contributed by atoms with Gasteiger partial charge in [-0.2, -0.15) is 0 Å². The quantitative estimate of drug-likeness (QED) is 0.884. The second-order valence-electron chi connectivity index (χ2n) is 4.79. The summed E-state index contributed by atoms with van der Waals surface area (Å²) >= 11 is 6.13.